The second-order valence-electron chi connectivity index (χ2n) is 5.26. The molecule has 0 spiro atoms. The highest BCUT2D eigenvalue weighted by Gasteiger charge is 2.28. The van der Waals surface area contributed by atoms with Gasteiger partial charge in [0.2, 0.25) is 11.9 Å². The fourth-order valence-electron chi connectivity index (χ4n) is 1.91. The Morgan fingerprint density at radius 3 is 2.58 bits per heavy atom. The van der Waals surface area contributed by atoms with Crippen LogP contribution in [-0.2, 0) is 4.74 Å². The number of ether oxygens (including phenoxy) is 2. The van der Waals surface area contributed by atoms with Gasteiger partial charge in [0.05, 0.1) is 6.10 Å². The molecule has 1 aromatic heterocycles. The van der Waals surface area contributed by atoms with Gasteiger partial charge in [0.1, 0.15) is 0 Å². The standard InChI is InChI=1S/C12H21N5O2/c1-8(2)19-11-15-9(13)14-10(16-11)17-12(3)4-6-18-7-5-12/h8H,4-7H2,1-3H3,(H3,13,14,15,16,17). The first-order valence-corrected chi connectivity index (χ1v) is 6.51. The molecule has 2 heterocycles. The molecule has 7 heteroatoms. The second kappa shape index (κ2) is 5.56. The minimum Gasteiger partial charge on any atom is -0.461 e. The molecule has 19 heavy (non-hydrogen) atoms. The fourth-order valence-corrected chi connectivity index (χ4v) is 1.91. The van der Waals surface area contributed by atoms with E-state index in [1.54, 1.807) is 0 Å². The number of nitrogens with two attached hydrogens (primary N) is 1. The molecular formula is C12H21N5O2. The maximum absolute atomic E-state index is 5.68. The van der Waals surface area contributed by atoms with Crippen LogP contribution in [0.4, 0.5) is 11.9 Å². The molecule has 0 aliphatic carbocycles. The lowest BCUT2D eigenvalue weighted by atomic mass is 9.93. The van der Waals surface area contributed by atoms with Crippen molar-refractivity contribution in [2.24, 2.45) is 0 Å². The zero-order valence-electron chi connectivity index (χ0n) is 11.6. The summed E-state index contributed by atoms with van der Waals surface area (Å²) < 4.78 is 10.8. The number of nitrogens with zero attached hydrogens (tertiary/aromatic N) is 3. The van der Waals surface area contributed by atoms with E-state index in [4.69, 9.17) is 15.2 Å². The molecule has 0 aromatic carbocycles. The number of hydrogen-bond acceptors (Lipinski definition) is 7. The first kappa shape index (κ1) is 13.8. The number of nitrogen functional groups attached to an aromatic ring is 1. The van der Waals surface area contributed by atoms with Crippen LogP contribution < -0.4 is 15.8 Å². The van der Waals surface area contributed by atoms with Gasteiger partial charge < -0.3 is 20.5 Å². The first-order valence-electron chi connectivity index (χ1n) is 6.51. The summed E-state index contributed by atoms with van der Waals surface area (Å²) in [6.45, 7) is 7.41. The second-order valence-corrected chi connectivity index (χ2v) is 5.26. The summed E-state index contributed by atoms with van der Waals surface area (Å²) in [5, 5.41) is 3.31. The van der Waals surface area contributed by atoms with Crippen LogP contribution in [0.25, 0.3) is 0 Å². The van der Waals surface area contributed by atoms with E-state index in [0.717, 1.165) is 26.1 Å². The highest BCUT2D eigenvalue weighted by molar-refractivity contribution is 5.35. The molecule has 0 unspecified atom stereocenters. The quantitative estimate of drug-likeness (QED) is 0.846. The Morgan fingerprint density at radius 1 is 1.26 bits per heavy atom. The average molecular weight is 267 g/mol. The van der Waals surface area contributed by atoms with Crippen molar-refractivity contribution in [2.45, 2.75) is 45.3 Å². The molecule has 1 aliphatic rings. The fraction of sp³-hybridized carbons (Fsp3) is 0.750. The van der Waals surface area contributed by atoms with E-state index in [2.05, 4.69) is 27.2 Å². The average Bonchev–Trinajstić information content (AvgIpc) is 2.27. The van der Waals surface area contributed by atoms with E-state index in [0.29, 0.717) is 5.95 Å². The minimum atomic E-state index is -0.0822. The Morgan fingerprint density at radius 2 is 1.95 bits per heavy atom. The monoisotopic (exact) mass is 267 g/mol. The summed E-state index contributed by atoms with van der Waals surface area (Å²) in [6, 6.07) is 0.251. The summed E-state index contributed by atoms with van der Waals surface area (Å²) >= 11 is 0. The zero-order chi connectivity index (χ0) is 13.9. The molecule has 1 aromatic rings. The minimum absolute atomic E-state index is 0.00619. The van der Waals surface area contributed by atoms with Crippen molar-refractivity contribution in [3.63, 3.8) is 0 Å². The van der Waals surface area contributed by atoms with Crippen LogP contribution in [-0.4, -0.2) is 39.8 Å². The van der Waals surface area contributed by atoms with Gasteiger partial charge in [0, 0.05) is 18.8 Å². The van der Waals surface area contributed by atoms with Crippen molar-refractivity contribution in [3.8, 4) is 6.01 Å². The molecule has 7 nitrogen and oxygen atoms in total. The van der Waals surface area contributed by atoms with E-state index >= 15 is 0 Å². The molecule has 1 saturated heterocycles. The molecule has 2 rings (SSSR count). The van der Waals surface area contributed by atoms with Crippen molar-refractivity contribution < 1.29 is 9.47 Å². The lowest BCUT2D eigenvalue weighted by Gasteiger charge is -2.34. The Labute approximate surface area is 112 Å². The van der Waals surface area contributed by atoms with Gasteiger partial charge in [-0.2, -0.15) is 15.0 Å². The van der Waals surface area contributed by atoms with Crippen LogP contribution in [0.15, 0.2) is 0 Å². The zero-order valence-corrected chi connectivity index (χ0v) is 11.6. The molecule has 0 radical (unpaired) electrons. The predicted molar refractivity (Wildman–Crippen MR) is 72.1 cm³/mol. The lowest BCUT2D eigenvalue weighted by molar-refractivity contribution is 0.0655. The van der Waals surface area contributed by atoms with Crippen LogP contribution in [0.1, 0.15) is 33.6 Å². The Bertz CT molecular complexity index is 432. The Kier molecular flexibility index (Phi) is 4.04. The van der Waals surface area contributed by atoms with Crippen molar-refractivity contribution >= 4 is 11.9 Å². The van der Waals surface area contributed by atoms with Gasteiger partial charge >= 0.3 is 6.01 Å². The van der Waals surface area contributed by atoms with Gasteiger partial charge in [-0.1, -0.05) is 0 Å². The molecule has 0 amide bonds. The van der Waals surface area contributed by atoms with Gasteiger partial charge in [-0.05, 0) is 33.6 Å². The molecule has 0 saturated carbocycles. The van der Waals surface area contributed by atoms with E-state index in [1.165, 1.54) is 0 Å². The summed E-state index contributed by atoms with van der Waals surface area (Å²) in [5.41, 5.74) is 5.59. The topological polar surface area (TPSA) is 95.2 Å². The third-order valence-corrected chi connectivity index (χ3v) is 2.98. The van der Waals surface area contributed by atoms with E-state index < -0.39 is 0 Å². The predicted octanol–water partition coefficient (Wildman–Crippen LogP) is 1.22. The Balaban J connectivity index is 2.12. The largest absolute Gasteiger partial charge is 0.461 e. The van der Waals surface area contributed by atoms with Gasteiger partial charge in [-0.25, -0.2) is 0 Å². The summed E-state index contributed by atoms with van der Waals surface area (Å²) in [4.78, 5) is 12.3. The number of aromatic nitrogens is 3. The number of nitrogens with one attached hydrogen (secondary N) is 1. The normalized spacial score (nSPS) is 18.3. The van der Waals surface area contributed by atoms with Crippen molar-refractivity contribution in [2.75, 3.05) is 24.3 Å². The van der Waals surface area contributed by atoms with Crippen LogP contribution >= 0.6 is 0 Å². The van der Waals surface area contributed by atoms with E-state index in [-0.39, 0.29) is 23.6 Å². The van der Waals surface area contributed by atoms with Gasteiger partial charge in [-0.3, -0.25) is 0 Å². The molecule has 1 fully saturated rings. The van der Waals surface area contributed by atoms with Crippen molar-refractivity contribution in [3.05, 3.63) is 0 Å². The highest BCUT2D eigenvalue weighted by atomic mass is 16.5. The number of rotatable bonds is 4. The molecule has 0 atom stereocenters. The third-order valence-electron chi connectivity index (χ3n) is 2.98. The smallest absolute Gasteiger partial charge is 0.323 e. The van der Waals surface area contributed by atoms with Gasteiger partial charge in [0.25, 0.3) is 0 Å². The number of anilines is 2. The summed E-state index contributed by atoms with van der Waals surface area (Å²) in [7, 11) is 0. The molecule has 106 valence electrons. The molecular weight excluding hydrogens is 246 g/mol. The van der Waals surface area contributed by atoms with Crippen LogP contribution in [0.5, 0.6) is 6.01 Å². The molecule has 0 bridgehead atoms. The summed E-state index contributed by atoms with van der Waals surface area (Å²) in [5.74, 6) is 0.608. The molecule has 1 aliphatic heterocycles. The third kappa shape index (κ3) is 3.92. The molecule has 3 N–H and O–H groups in total. The van der Waals surface area contributed by atoms with E-state index in [9.17, 15) is 0 Å². The maximum Gasteiger partial charge on any atom is 0.323 e. The van der Waals surface area contributed by atoms with Crippen molar-refractivity contribution in [1.82, 2.24) is 15.0 Å². The van der Waals surface area contributed by atoms with Crippen LogP contribution in [0.2, 0.25) is 0 Å². The highest BCUT2D eigenvalue weighted by Crippen LogP contribution is 2.24. The summed E-state index contributed by atoms with van der Waals surface area (Å²) in [6.07, 6.45) is 1.80. The maximum atomic E-state index is 5.68. The SMILES string of the molecule is CC(C)Oc1nc(N)nc(NC2(C)CCOCC2)n1. The number of hydrogen-bond donors (Lipinski definition) is 2. The Hall–Kier alpha value is -1.63. The van der Waals surface area contributed by atoms with Crippen molar-refractivity contribution in [1.29, 1.82) is 0 Å². The lowest BCUT2D eigenvalue weighted by Crippen LogP contribution is -2.41. The van der Waals surface area contributed by atoms with Gasteiger partial charge in [-0.15, -0.1) is 0 Å². The van der Waals surface area contributed by atoms with Crippen LogP contribution in [0.3, 0.4) is 0 Å². The first-order chi connectivity index (χ1) is 8.97. The van der Waals surface area contributed by atoms with Gasteiger partial charge in [0.15, 0.2) is 0 Å². The van der Waals surface area contributed by atoms with E-state index in [1.807, 2.05) is 13.8 Å². The van der Waals surface area contributed by atoms with Crippen LogP contribution in [0, 0.1) is 0 Å².